The van der Waals surface area contributed by atoms with Gasteiger partial charge in [-0.1, -0.05) is 0 Å². The Morgan fingerprint density at radius 3 is 3.06 bits per heavy atom. The van der Waals surface area contributed by atoms with Crippen molar-refractivity contribution in [2.45, 2.75) is 6.42 Å². The SMILES string of the molecule is Cn1c(CCNC(=O)CN)nc2ccc(F)cc21. The molecule has 0 atom stereocenters. The van der Waals surface area contributed by atoms with E-state index >= 15 is 0 Å². The Kier molecular flexibility index (Phi) is 3.57. The third-order valence-electron chi connectivity index (χ3n) is 2.79. The molecule has 0 aliphatic rings. The molecule has 18 heavy (non-hydrogen) atoms. The number of hydrogen-bond donors (Lipinski definition) is 2. The Morgan fingerprint density at radius 1 is 1.56 bits per heavy atom. The molecule has 6 heteroatoms. The summed E-state index contributed by atoms with van der Waals surface area (Å²) in [4.78, 5) is 15.4. The minimum Gasteiger partial charge on any atom is -0.355 e. The van der Waals surface area contributed by atoms with Crippen LogP contribution in [0, 0.1) is 5.82 Å². The van der Waals surface area contributed by atoms with Gasteiger partial charge in [-0.2, -0.15) is 0 Å². The highest BCUT2D eigenvalue weighted by Crippen LogP contribution is 2.16. The maximum absolute atomic E-state index is 13.1. The smallest absolute Gasteiger partial charge is 0.233 e. The molecule has 1 aromatic heterocycles. The minimum absolute atomic E-state index is 0.0201. The lowest BCUT2D eigenvalue weighted by atomic mass is 10.3. The summed E-state index contributed by atoms with van der Waals surface area (Å²) in [6.07, 6.45) is 0.582. The molecule has 0 aliphatic heterocycles. The number of nitrogens with two attached hydrogens (primary N) is 1. The molecule has 3 N–H and O–H groups in total. The molecule has 0 fully saturated rings. The van der Waals surface area contributed by atoms with E-state index in [-0.39, 0.29) is 18.3 Å². The first-order valence-corrected chi connectivity index (χ1v) is 5.69. The van der Waals surface area contributed by atoms with Gasteiger partial charge in [0, 0.05) is 20.0 Å². The van der Waals surface area contributed by atoms with Crippen molar-refractivity contribution in [3.05, 3.63) is 29.8 Å². The van der Waals surface area contributed by atoms with Gasteiger partial charge in [0.15, 0.2) is 0 Å². The summed E-state index contributed by atoms with van der Waals surface area (Å²) in [5.41, 5.74) is 6.68. The summed E-state index contributed by atoms with van der Waals surface area (Å²) in [5.74, 6) is 0.321. The van der Waals surface area contributed by atoms with E-state index < -0.39 is 0 Å². The number of imidazole rings is 1. The molecule has 1 heterocycles. The van der Waals surface area contributed by atoms with E-state index in [4.69, 9.17) is 5.73 Å². The number of aryl methyl sites for hydroxylation is 1. The molecule has 0 unspecified atom stereocenters. The molecule has 0 spiro atoms. The topological polar surface area (TPSA) is 72.9 Å². The summed E-state index contributed by atoms with van der Waals surface area (Å²) in [6.45, 7) is 0.448. The van der Waals surface area contributed by atoms with Crippen molar-refractivity contribution in [3.63, 3.8) is 0 Å². The fraction of sp³-hybridized carbons (Fsp3) is 0.333. The average Bonchev–Trinajstić information content (AvgIpc) is 2.66. The lowest BCUT2D eigenvalue weighted by Crippen LogP contribution is -2.32. The Hall–Kier alpha value is -1.95. The Balaban J connectivity index is 2.14. The van der Waals surface area contributed by atoms with Gasteiger partial charge in [-0.05, 0) is 18.2 Å². The summed E-state index contributed by atoms with van der Waals surface area (Å²) >= 11 is 0. The summed E-state index contributed by atoms with van der Waals surface area (Å²) in [5, 5.41) is 2.67. The number of aromatic nitrogens is 2. The second-order valence-electron chi connectivity index (χ2n) is 4.02. The van der Waals surface area contributed by atoms with E-state index in [9.17, 15) is 9.18 Å². The van der Waals surface area contributed by atoms with Crippen molar-refractivity contribution in [2.75, 3.05) is 13.1 Å². The number of fused-ring (bicyclic) bond motifs is 1. The van der Waals surface area contributed by atoms with Crippen LogP contribution in [0.2, 0.25) is 0 Å². The first kappa shape index (κ1) is 12.5. The van der Waals surface area contributed by atoms with Gasteiger partial charge in [-0.15, -0.1) is 0 Å². The molecule has 0 radical (unpaired) electrons. The predicted octanol–water partition coefficient (Wildman–Crippen LogP) is 0.330. The molecule has 96 valence electrons. The monoisotopic (exact) mass is 250 g/mol. The van der Waals surface area contributed by atoms with E-state index in [1.165, 1.54) is 12.1 Å². The third kappa shape index (κ3) is 2.48. The van der Waals surface area contributed by atoms with Crippen LogP contribution in [0.4, 0.5) is 4.39 Å². The number of amides is 1. The highest BCUT2D eigenvalue weighted by molar-refractivity contribution is 5.78. The second-order valence-corrected chi connectivity index (χ2v) is 4.02. The van der Waals surface area contributed by atoms with Gasteiger partial charge in [-0.25, -0.2) is 9.37 Å². The standard InChI is InChI=1S/C12H15FN4O/c1-17-10-6-8(13)2-3-9(10)16-11(17)4-5-15-12(18)7-14/h2-3,6H,4-5,7,14H2,1H3,(H,15,18). The lowest BCUT2D eigenvalue weighted by molar-refractivity contribution is -0.119. The number of carbonyl (C=O) groups is 1. The zero-order chi connectivity index (χ0) is 13.1. The number of carbonyl (C=O) groups excluding carboxylic acids is 1. The maximum atomic E-state index is 13.1. The molecule has 0 bridgehead atoms. The van der Waals surface area contributed by atoms with Crippen molar-refractivity contribution in [1.29, 1.82) is 0 Å². The number of nitrogens with zero attached hydrogens (tertiary/aromatic N) is 2. The summed E-state index contributed by atoms with van der Waals surface area (Å²) < 4.78 is 14.9. The molecular weight excluding hydrogens is 235 g/mol. The Bertz CT molecular complexity index is 579. The summed E-state index contributed by atoms with van der Waals surface area (Å²) in [6, 6.07) is 4.48. The quantitative estimate of drug-likeness (QED) is 0.821. The van der Waals surface area contributed by atoms with Gasteiger partial charge in [0.25, 0.3) is 0 Å². The second kappa shape index (κ2) is 5.14. The third-order valence-corrected chi connectivity index (χ3v) is 2.79. The number of hydrogen-bond acceptors (Lipinski definition) is 3. The number of rotatable bonds is 4. The van der Waals surface area contributed by atoms with Gasteiger partial charge in [0.1, 0.15) is 11.6 Å². The molecule has 0 saturated heterocycles. The number of halogens is 1. The molecule has 2 rings (SSSR count). The molecular formula is C12H15FN4O. The maximum Gasteiger partial charge on any atom is 0.233 e. The Labute approximate surface area is 104 Å². The van der Waals surface area contributed by atoms with Crippen molar-refractivity contribution >= 4 is 16.9 Å². The van der Waals surface area contributed by atoms with Crippen molar-refractivity contribution in [3.8, 4) is 0 Å². The van der Waals surface area contributed by atoms with Gasteiger partial charge < -0.3 is 15.6 Å². The molecule has 1 aromatic carbocycles. The largest absolute Gasteiger partial charge is 0.355 e. The molecule has 5 nitrogen and oxygen atoms in total. The van der Waals surface area contributed by atoms with Crippen molar-refractivity contribution in [1.82, 2.24) is 14.9 Å². The molecule has 2 aromatic rings. The van der Waals surface area contributed by atoms with Crippen LogP contribution in [0.15, 0.2) is 18.2 Å². The van der Waals surface area contributed by atoms with Crippen LogP contribution in [0.1, 0.15) is 5.82 Å². The van der Waals surface area contributed by atoms with Crippen molar-refractivity contribution < 1.29 is 9.18 Å². The first-order valence-electron chi connectivity index (χ1n) is 5.69. The predicted molar refractivity (Wildman–Crippen MR) is 66.4 cm³/mol. The van der Waals surface area contributed by atoms with Gasteiger partial charge >= 0.3 is 0 Å². The van der Waals surface area contributed by atoms with Crippen LogP contribution in [0.5, 0.6) is 0 Å². The van der Waals surface area contributed by atoms with E-state index in [1.54, 1.807) is 6.07 Å². The zero-order valence-electron chi connectivity index (χ0n) is 10.1. The van der Waals surface area contributed by atoms with Gasteiger partial charge in [-0.3, -0.25) is 4.79 Å². The fourth-order valence-electron chi connectivity index (χ4n) is 1.82. The average molecular weight is 250 g/mol. The van der Waals surface area contributed by atoms with E-state index in [0.717, 1.165) is 16.9 Å². The van der Waals surface area contributed by atoms with Gasteiger partial charge in [0.2, 0.25) is 5.91 Å². The van der Waals surface area contributed by atoms with E-state index in [0.29, 0.717) is 13.0 Å². The first-order chi connectivity index (χ1) is 8.61. The fourth-order valence-corrected chi connectivity index (χ4v) is 1.82. The van der Waals surface area contributed by atoms with Crippen LogP contribution in [-0.2, 0) is 18.3 Å². The van der Waals surface area contributed by atoms with Gasteiger partial charge in [0.05, 0.1) is 17.6 Å². The number of nitrogens with one attached hydrogen (secondary N) is 1. The summed E-state index contributed by atoms with van der Waals surface area (Å²) in [7, 11) is 1.83. The highest BCUT2D eigenvalue weighted by atomic mass is 19.1. The van der Waals surface area contributed by atoms with Crippen LogP contribution in [-0.4, -0.2) is 28.5 Å². The van der Waals surface area contributed by atoms with E-state index in [1.807, 2.05) is 11.6 Å². The van der Waals surface area contributed by atoms with Crippen LogP contribution >= 0.6 is 0 Å². The molecule has 1 amide bonds. The Morgan fingerprint density at radius 2 is 2.33 bits per heavy atom. The van der Waals surface area contributed by atoms with Crippen LogP contribution < -0.4 is 11.1 Å². The molecule has 0 saturated carbocycles. The van der Waals surface area contributed by atoms with Crippen LogP contribution in [0.3, 0.4) is 0 Å². The van der Waals surface area contributed by atoms with Crippen molar-refractivity contribution in [2.24, 2.45) is 12.8 Å². The van der Waals surface area contributed by atoms with Crippen LogP contribution in [0.25, 0.3) is 11.0 Å². The molecule has 0 aliphatic carbocycles. The lowest BCUT2D eigenvalue weighted by Gasteiger charge is -2.04. The number of benzene rings is 1. The normalized spacial score (nSPS) is 10.8. The zero-order valence-corrected chi connectivity index (χ0v) is 10.1. The van der Waals surface area contributed by atoms with E-state index in [2.05, 4.69) is 10.3 Å². The minimum atomic E-state index is -0.284. The highest BCUT2D eigenvalue weighted by Gasteiger charge is 2.08.